The molecule has 0 fully saturated rings. The Morgan fingerprint density at radius 1 is 1.00 bits per heavy atom. The first-order chi connectivity index (χ1) is 1.00. The van der Waals surface area contributed by atoms with Crippen LogP contribution in [0.4, 0.5) is 0 Å². The fourth-order valence-corrected chi connectivity index (χ4v) is 0. The van der Waals surface area contributed by atoms with Gasteiger partial charge in [0, 0.05) is 21.1 Å². The first kappa shape index (κ1) is 40.0. The molecule has 0 aliphatic carbocycles. The average molecular weight is 286 g/mol. The first-order valence-electron chi connectivity index (χ1n) is 0.408. The molecule has 0 atom stereocenters. The van der Waals surface area contributed by atoms with Gasteiger partial charge < -0.3 is 6.58 Å². The molecule has 0 unspecified atom stereocenters. The Morgan fingerprint density at radius 3 is 1.00 bits per heavy atom. The molecule has 0 aromatic rings. The second-order valence-electron chi connectivity index (χ2n) is 0. The summed E-state index contributed by atoms with van der Waals surface area (Å²) in [6.45, 7) is 7.00. The van der Waals surface area contributed by atoms with Crippen molar-refractivity contribution in [1.82, 2.24) is 0 Å². The van der Waals surface area contributed by atoms with Crippen LogP contribution in [0.1, 0.15) is 0 Å². The molecular formula is C2H11PtSi2-. The number of hydrogen-bond acceptors (Lipinski definition) is 0. The Morgan fingerprint density at radius 2 is 1.00 bits per heavy atom. The largest absolute Gasteiger partial charge is 0.521 e. The van der Waals surface area contributed by atoms with E-state index in [0.717, 1.165) is 0 Å². The van der Waals surface area contributed by atoms with Gasteiger partial charge in [-0.15, -0.1) is 0 Å². The predicted octanol–water partition coefficient (Wildman–Crippen LogP) is -2.30. The molecule has 0 nitrogen and oxygen atoms in total. The van der Waals surface area contributed by atoms with Crippen LogP contribution >= 0.6 is 0 Å². The van der Waals surface area contributed by atoms with E-state index in [1.165, 1.54) is 0 Å². The molecule has 5 heavy (non-hydrogen) atoms. The van der Waals surface area contributed by atoms with Gasteiger partial charge in [-0.2, -0.15) is 0 Å². The van der Waals surface area contributed by atoms with Crippen LogP contribution < -0.4 is 0 Å². The van der Waals surface area contributed by atoms with Gasteiger partial charge in [0.15, 0.2) is 0 Å². The summed E-state index contributed by atoms with van der Waals surface area (Å²) in [5, 5.41) is 0. The summed E-state index contributed by atoms with van der Waals surface area (Å²) in [5.41, 5.74) is 0. The Bertz CT molecular complexity index is 7.61. The average Bonchev–Trinajstić information content (AvgIpc) is 1.00. The Hall–Kier alpha value is 0.862. The Balaban J connectivity index is -0.00000000167. The summed E-state index contributed by atoms with van der Waals surface area (Å²) < 4.78 is 0. The van der Waals surface area contributed by atoms with Crippen molar-refractivity contribution >= 4 is 21.9 Å². The van der Waals surface area contributed by atoms with Crippen LogP contribution in [0.25, 0.3) is 0 Å². The zero-order chi connectivity index (χ0) is 2.00. The summed E-state index contributed by atoms with van der Waals surface area (Å²) in [5.74, 6) is 0. The molecular weight excluding hydrogens is 275 g/mol. The van der Waals surface area contributed by atoms with E-state index in [4.69, 9.17) is 0 Å². The van der Waals surface area contributed by atoms with Crippen molar-refractivity contribution in [2.24, 2.45) is 0 Å². The van der Waals surface area contributed by atoms with E-state index in [-0.39, 0.29) is 43.0 Å². The summed E-state index contributed by atoms with van der Waals surface area (Å²) in [7, 11) is 0. The molecule has 0 saturated heterocycles. The zero-order valence-corrected chi connectivity index (χ0v) is 3.87. The molecule has 0 aromatic carbocycles. The van der Waals surface area contributed by atoms with Crippen LogP contribution in [-0.4, -0.2) is 21.9 Å². The van der Waals surface area contributed by atoms with Crippen LogP contribution in [0.3, 0.4) is 0 Å². The predicted molar refractivity (Wildman–Crippen MR) is 32.6 cm³/mol. The van der Waals surface area contributed by atoms with Crippen molar-refractivity contribution in [3.05, 3.63) is 13.2 Å². The van der Waals surface area contributed by atoms with Gasteiger partial charge in [-0.3, -0.25) is 6.58 Å². The van der Waals surface area contributed by atoms with Crippen LogP contribution in [0.5, 0.6) is 0 Å². The molecule has 0 amide bonds. The van der Waals surface area contributed by atoms with E-state index >= 15 is 0 Å². The second kappa shape index (κ2) is 97.6. The fraction of sp³-hybridized carbons (Fsp3) is 0. The minimum atomic E-state index is 0. The fourth-order valence-electron chi connectivity index (χ4n) is 0. The van der Waals surface area contributed by atoms with Crippen LogP contribution in [0.2, 0.25) is 0 Å². The van der Waals surface area contributed by atoms with Crippen molar-refractivity contribution in [2.75, 3.05) is 0 Å². The van der Waals surface area contributed by atoms with Gasteiger partial charge in [-0.25, -0.2) is 0 Å². The van der Waals surface area contributed by atoms with E-state index in [0.29, 0.717) is 0 Å². The Labute approximate surface area is 56.3 Å². The van der Waals surface area contributed by atoms with Gasteiger partial charge in [0.1, 0.15) is 0 Å². The topological polar surface area (TPSA) is 0 Å². The summed E-state index contributed by atoms with van der Waals surface area (Å²) in [4.78, 5) is 0. The van der Waals surface area contributed by atoms with Gasteiger partial charge in [0.2, 0.25) is 0 Å². The molecule has 0 radical (unpaired) electrons. The SMILES string of the molecule is [CH-]=C.[Pt].[SiH4].[SiH4]. The molecule has 38 valence electrons. The maximum Gasteiger partial charge on any atom is 0 e. The molecule has 0 saturated carbocycles. The molecule has 0 rings (SSSR count). The van der Waals surface area contributed by atoms with E-state index in [1.54, 1.807) is 0 Å². The van der Waals surface area contributed by atoms with Crippen molar-refractivity contribution < 1.29 is 21.1 Å². The third-order valence-corrected chi connectivity index (χ3v) is 0. The second-order valence-corrected chi connectivity index (χ2v) is 0. The normalized spacial score (nSPS) is 0.800. The van der Waals surface area contributed by atoms with Crippen LogP contribution in [-0.2, 0) is 21.1 Å². The third-order valence-electron chi connectivity index (χ3n) is 0. The minimum Gasteiger partial charge on any atom is -0.521 e. The Kier molecular flexibility index (Phi) is 780. The van der Waals surface area contributed by atoms with E-state index in [9.17, 15) is 0 Å². The van der Waals surface area contributed by atoms with E-state index in [2.05, 4.69) is 13.2 Å². The molecule has 0 bridgehead atoms. The molecule has 0 spiro atoms. The van der Waals surface area contributed by atoms with Gasteiger partial charge in [-0.05, 0) is 21.9 Å². The zero-order valence-electron chi connectivity index (χ0n) is 1.60. The van der Waals surface area contributed by atoms with Crippen molar-refractivity contribution in [3.8, 4) is 0 Å². The van der Waals surface area contributed by atoms with Gasteiger partial charge >= 0.3 is 0 Å². The third kappa shape index (κ3) is 53.6. The summed E-state index contributed by atoms with van der Waals surface area (Å²) >= 11 is 0. The monoisotopic (exact) mass is 286 g/mol. The van der Waals surface area contributed by atoms with Crippen LogP contribution in [0, 0.1) is 6.58 Å². The molecule has 0 heterocycles. The molecule has 0 aliphatic heterocycles. The maximum absolute atomic E-state index is 4.25. The molecule has 0 aliphatic rings. The standard InChI is InChI=1S/C2H3.Pt.2H4Si/c1-2;;;/h1H,2H2;;2*1H4/q-1;;;. The molecule has 0 aromatic heterocycles. The number of hydrogen-bond donors (Lipinski definition) is 0. The van der Waals surface area contributed by atoms with Crippen LogP contribution in [0.15, 0.2) is 6.58 Å². The number of rotatable bonds is 0. The summed E-state index contributed by atoms with van der Waals surface area (Å²) in [6.07, 6.45) is 0. The van der Waals surface area contributed by atoms with Crippen molar-refractivity contribution in [3.63, 3.8) is 0 Å². The van der Waals surface area contributed by atoms with Gasteiger partial charge in [-0.1, -0.05) is 0 Å². The van der Waals surface area contributed by atoms with Gasteiger partial charge in [0.05, 0.1) is 0 Å². The van der Waals surface area contributed by atoms with Crippen molar-refractivity contribution in [1.29, 1.82) is 0 Å². The van der Waals surface area contributed by atoms with E-state index in [1.807, 2.05) is 0 Å². The quantitative estimate of drug-likeness (QED) is 0.347. The van der Waals surface area contributed by atoms with Crippen molar-refractivity contribution in [2.45, 2.75) is 0 Å². The first-order valence-corrected chi connectivity index (χ1v) is 0.408. The molecule has 0 N–H and O–H groups in total. The van der Waals surface area contributed by atoms with Gasteiger partial charge in [0.25, 0.3) is 0 Å². The van der Waals surface area contributed by atoms with E-state index < -0.39 is 0 Å². The smallest absolute Gasteiger partial charge is 0 e. The molecule has 3 heteroatoms. The maximum atomic E-state index is 4.25. The summed E-state index contributed by atoms with van der Waals surface area (Å²) in [6, 6.07) is 0. The minimum absolute atomic E-state index is 0.